The standard InChI is InChI=1S/C15H12BrFO3/c1-8-2-9(4-11(17)3-8)14(18)10-5-12(16)15-13(6-10)19-7-20-15/h2-6,14,18H,7H2,1H3. The van der Waals surface area contributed by atoms with Gasteiger partial charge in [-0.25, -0.2) is 4.39 Å². The molecule has 0 bridgehead atoms. The molecule has 3 rings (SSSR count). The van der Waals surface area contributed by atoms with Crippen LogP contribution in [0, 0.1) is 12.7 Å². The predicted molar refractivity (Wildman–Crippen MR) is 75.5 cm³/mol. The molecule has 0 aliphatic carbocycles. The molecule has 1 aliphatic rings. The van der Waals surface area contributed by atoms with Crippen molar-refractivity contribution in [2.45, 2.75) is 13.0 Å². The van der Waals surface area contributed by atoms with Crippen LogP contribution < -0.4 is 9.47 Å². The Bertz CT molecular complexity index is 652. The minimum atomic E-state index is -0.921. The van der Waals surface area contributed by atoms with Gasteiger partial charge < -0.3 is 14.6 Å². The van der Waals surface area contributed by atoms with Gasteiger partial charge in [0.25, 0.3) is 0 Å². The molecule has 5 heteroatoms. The van der Waals surface area contributed by atoms with Crippen molar-refractivity contribution in [1.29, 1.82) is 0 Å². The highest BCUT2D eigenvalue weighted by Crippen LogP contribution is 2.42. The largest absolute Gasteiger partial charge is 0.454 e. The monoisotopic (exact) mass is 338 g/mol. The number of rotatable bonds is 2. The van der Waals surface area contributed by atoms with Crippen LogP contribution in [0.1, 0.15) is 22.8 Å². The van der Waals surface area contributed by atoms with E-state index in [9.17, 15) is 9.50 Å². The lowest BCUT2D eigenvalue weighted by atomic mass is 9.99. The van der Waals surface area contributed by atoms with Gasteiger partial charge in [-0.2, -0.15) is 0 Å². The van der Waals surface area contributed by atoms with Crippen LogP contribution in [0.5, 0.6) is 11.5 Å². The topological polar surface area (TPSA) is 38.7 Å². The summed E-state index contributed by atoms with van der Waals surface area (Å²) in [4.78, 5) is 0. The predicted octanol–water partition coefficient (Wildman–Crippen LogP) is 3.71. The molecule has 0 spiro atoms. The van der Waals surface area contributed by atoms with E-state index in [1.807, 2.05) is 0 Å². The molecule has 104 valence electrons. The second-order valence-electron chi connectivity index (χ2n) is 4.70. The normalized spacial score (nSPS) is 14.4. The van der Waals surface area contributed by atoms with Crippen LogP contribution in [-0.2, 0) is 0 Å². The first-order valence-corrected chi connectivity index (χ1v) is 6.88. The average Bonchev–Trinajstić information content (AvgIpc) is 2.85. The second kappa shape index (κ2) is 5.07. The van der Waals surface area contributed by atoms with Crippen molar-refractivity contribution in [1.82, 2.24) is 0 Å². The van der Waals surface area contributed by atoms with E-state index in [0.29, 0.717) is 27.1 Å². The molecule has 1 atom stereocenters. The number of aliphatic hydroxyl groups is 1. The van der Waals surface area contributed by atoms with Gasteiger partial charge in [-0.3, -0.25) is 0 Å². The summed E-state index contributed by atoms with van der Waals surface area (Å²) in [6, 6.07) is 7.96. The zero-order chi connectivity index (χ0) is 14.3. The fourth-order valence-electron chi connectivity index (χ4n) is 2.26. The minimum absolute atomic E-state index is 0.159. The van der Waals surface area contributed by atoms with E-state index in [4.69, 9.17) is 9.47 Å². The van der Waals surface area contributed by atoms with Crippen LogP contribution in [0.15, 0.2) is 34.8 Å². The molecule has 1 aliphatic heterocycles. The summed E-state index contributed by atoms with van der Waals surface area (Å²) in [6.07, 6.45) is -0.921. The Morgan fingerprint density at radius 2 is 1.90 bits per heavy atom. The Morgan fingerprint density at radius 3 is 2.65 bits per heavy atom. The highest BCUT2D eigenvalue weighted by molar-refractivity contribution is 9.10. The molecule has 3 nitrogen and oxygen atoms in total. The Morgan fingerprint density at radius 1 is 1.15 bits per heavy atom. The van der Waals surface area contributed by atoms with E-state index in [-0.39, 0.29) is 12.6 Å². The van der Waals surface area contributed by atoms with Crippen molar-refractivity contribution in [2.75, 3.05) is 6.79 Å². The van der Waals surface area contributed by atoms with Gasteiger partial charge in [-0.05, 0) is 63.8 Å². The summed E-state index contributed by atoms with van der Waals surface area (Å²) in [5.74, 6) is 0.830. The van der Waals surface area contributed by atoms with Gasteiger partial charge in [0.2, 0.25) is 6.79 Å². The number of aryl methyl sites for hydroxylation is 1. The lowest BCUT2D eigenvalue weighted by molar-refractivity contribution is 0.173. The summed E-state index contributed by atoms with van der Waals surface area (Å²) >= 11 is 3.38. The van der Waals surface area contributed by atoms with E-state index in [1.165, 1.54) is 12.1 Å². The summed E-state index contributed by atoms with van der Waals surface area (Å²) in [7, 11) is 0. The number of hydrogen-bond acceptors (Lipinski definition) is 3. The Labute approximate surface area is 124 Å². The maximum atomic E-state index is 13.4. The molecular weight excluding hydrogens is 327 g/mol. The van der Waals surface area contributed by atoms with Crippen LogP contribution in [-0.4, -0.2) is 11.9 Å². The third-order valence-corrected chi connectivity index (χ3v) is 3.73. The first-order valence-electron chi connectivity index (χ1n) is 6.09. The fourth-order valence-corrected chi connectivity index (χ4v) is 2.83. The van der Waals surface area contributed by atoms with E-state index >= 15 is 0 Å². The first kappa shape index (κ1) is 13.4. The molecule has 1 unspecified atom stereocenters. The van der Waals surface area contributed by atoms with Crippen LogP contribution in [0.3, 0.4) is 0 Å². The molecule has 1 N–H and O–H groups in total. The van der Waals surface area contributed by atoms with Gasteiger partial charge in [0.05, 0.1) is 4.47 Å². The maximum Gasteiger partial charge on any atom is 0.231 e. The van der Waals surface area contributed by atoms with E-state index in [2.05, 4.69) is 15.9 Å². The number of hydrogen-bond donors (Lipinski definition) is 1. The zero-order valence-electron chi connectivity index (χ0n) is 10.7. The van der Waals surface area contributed by atoms with Gasteiger partial charge in [-0.1, -0.05) is 6.07 Å². The molecular formula is C15H12BrFO3. The fraction of sp³-hybridized carbons (Fsp3) is 0.200. The van der Waals surface area contributed by atoms with E-state index in [1.54, 1.807) is 25.1 Å². The minimum Gasteiger partial charge on any atom is -0.454 e. The lowest BCUT2D eigenvalue weighted by Crippen LogP contribution is -2.01. The number of aliphatic hydroxyl groups excluding tert-OH is 1. The first-order chi connectivity index (χ1) is 9.54. The highest BCUT2D eigenvalue weighted by atomic mass is 79.9. The second-order valence-corrected chi connectivity index (χ2v) is 5.56. The molecule has 0 amide bonds. The molecule has 20 heavy (non-hydrogen) atoms. The molecule has 0 saturated heterocycles. The molecule has 1 heterocycles. The third-order valence-electron chi connectivity index (χ3n) is 3.15. The van der Waals surface area contributed by atoms with Crippen molar-refractivity contribution in [3.05, 3.63) is 57.3 Å². The average molecular weight is 339 g/mol. The Kier molecular flexibility index (Phi) is 3.40. The summed E-state index contributed by atoms with van der Waals surface area (Å²) in [5, 5.41) is 10.4. The van der Waals surface area contributed by atoms with Gasteiger partial charge in [0, 0.05) is 0 Å². The summed E-state index contributed by atoms with van der Waals surface area (Å²) in [6.45, 7) is 1.95. The SMILES string of the molecule is Cc1cc(F)cc(C(O)c2cc(Br)c3c(c2)OCO3)c1. The highest BCUT2D eigenvalue weighted by Gasteiger charge is 2.21. The molecule has 0 fully saturated rings. The number of halogens is 2. The van der Waals surface area contributed by atoms with Crippen molar-refractivity contribution in [2.24, 2.45) is 0 Å². The van der Waals surface area contributed by atoms with Crippen molar-refractivity contribution in [3.63, 3.8) is 0 Å². The van der Waals surface area contributed by atoms with E-state index < -0.39 is 6.10 Å². The molecule has 0 saturated carbocycles. The molecule has 0 radical (unpaired) electrons. The van der Waals surface area contributed by atoms with Gasteiger partial charge in [0.1, 0.15) is 11.9 Å². The van der Waals surface area contributed by atoms with E-state index in [0.717, 1.165) is 5.56 Å². The van der Waals surface area contributed by atoms with Crippen LogP contribution in [0.4, 0.5) is 4.39 Å². The number of benzene rings is 2. The summed E-state index contributed by atoms with van der Waals surface area (Å²) < 4.78 is 24.8. The van der Waals surface area contributed by atoms with Gasteiger partial charge in [-0.15, -0.1) is 0 Å². The lowest BCUT2D eigenvalue weighted by Gasteiger charge is -2.14. The number of ether oxygens (including phenoxy) is 2. The van der Waals surface area contributed by atoms with Gasteiger partial charge in [0.15, 0.2) is 11.5 Å². The van der Waals surface area contributed by atoms with Crippen molar-refractivity contribution in [3.8, 4) is 11.5 Å². The smallest absolute Gasteiger partial charge is 0.231 e. The third kappa shape index (κ3) is 2.39. The number of fused-ring (bicyclic) bond motifs is 1. The summed E-state index contributed by atoms with van der Waals surface area (Å²) in [5.41, 5.74) is 1.89. The Hall–Kier alpha value is -1.59. The van der Waals surface area contributed by atoms with Crippen molar-refractivity contribution >= 4 is 15.9 Å². The molecule has 2 aromatic rings. The van der Waals surface area contributed by atoms with Crippen LogP contribution in [0.2, 0.25) is 0 Å². The Balaban J connectivity index is 2.02. The van der Waals surface area contributed by atoms with Gasteiger partial charge >= 0.3 is 0 Å². The maximum absolute atomic E-state index is 13.4. The van der Waals surface area contributed by atoms with Crippen LogP contribution in [0.25, 0.3) is 0 Å². The zero-order valence-corrected chi connectivity index (χ0v) is 12.3. The van der Waals surface area contributed by atoms with Crippen molar-refractivity contribution < 1.29 is 19.0 Å². The molecule has 2 aromatic carbocycles. The van der Waals surface area contributed by atoms with Crippen LogP contribution >= 0.6 is 15.9 Å². The quantitative estimate of drug-likeness (QED) is 0.907. The molecule has 0 aromatic heterocycles.